The monoisotopic (exact) mass is 290 g/mol. The number of anilines is 1. The van der Waals surface area contributed by atoms with Crippen LogP contribution >= 0.6 is 0 Å². The summed E-state index contributed by atoms with van der Waals surface area (Å²) in [7, 11) is 0. The zero-order chi connectivity index (χ0) is 15.2. The molecular weight excluding hydrogens is 272 g/mol. The number of benzene rings is 1. The van der Waals surface area contributed by atoms with Gasteiger partial charge in [0.25, 0.3) is 0 Å². The predicted molar refractivity (Wildman–Crippen MR) is 79.7 cm³/mol. The largest absolute Gasteiger partial charge is 0.491 e. The zero-order valence-electron chi connectivity index (χ0n) is 12.1. The highest BCUT2D eigenvalue weighted by Gasteiger charge is 2.12. The lowest BCUT2D eigenvalue weighted by Gasteiger charge is -2.13. The van der Waals surface area contributed by atoms with Crippen LogP contribution in [0.5, 0.6) is 5.75 Å². The summed E-state index contributed by atoms with van der Waals surface area (Å²) in [4.78, 5) is 10.0. The van der Waals surface area contributed by atoms with E-state index in [1.807, 2.05) is 32.0 Å². The fraction of sp³-hybridized carbons (Fsp3) is 0.333. The Kier molecular flexibility index (Phi) is 4.81. The number of aryl methyl sites for hydroxylation is 1. The number of hydrogen-bond donors (Lipinski definition) is 1. The summed E-state index contributed by atoms with van der Waals surface area (Å²) in [6.45, 7) is 5.05. The van der Waals surface area contributed by atoms with Crippen LogP contribution in [0.25, 0.3) is 0 Å². The first kappa shape index (κ1) is 14.9. The first-order valence-electron chi connectivity index (χ1n) is 6.80. The van der Waals surface area contributed by atoms with Gasteiger partial charge in [-0.3, -0.25) is 10.1 Å². The molecule has 0 radical (unpaired) electrons. The first-order chi connectivity index (χ1) is 10.1. The molecule has 1 heterocycles. The third kappa shape index (κ3) is 3.98. The molecule has 0 aliphatic heterocycles. The number of nitro groups is 1. The fourth-order valence-electron chi connectivity index (χ4n) is 1.85. The Morgan fingerprint density at radius 3 is 2.81 bits per heavy atom. The molecule has 2 rings (SSSR count). The van der Waals surface area contributed by atoms with Crippen LogP contribution in [-0.2, 0) is 6.54 Å². The molecule has 0 unspecified atom stereocenters. The lowest BCUT2D eigenvalue weighted by molar-refractivity contribution is -0.402. The van der Waals surface area contributed by atoms with Crippen LogP contribution in [0, 0.1) is 17.0 Å². The number of ether oxygens (including phenoxy) is 1. The van der Waals surface area contributed by atoms with Crippen LogP contribution in [0.15, 0.2) is 34.7 Å². The molecule has 0 aliphatic carbocycles. The normalized spacial score (nSPS) is 10.4. The van der Waals surface area contributed by atoms with E-state index in [4.69, 9.17) is 9.15 Å². The van der Waals surface area contributed by atoms with Gasteiger partial charge in [-0.15, -0.1) is 0 Å². The van der Waals surface area contributed by atoms with Gasteiger partial charge in [0, 0.05) is 0 Å². The molecule has 2 aromatic rings. The average molecular weight is 290 g/mol. The predicted octanol–water partition coefficient (Wildman–Crippen LogP) is 3.90. The summed E-state index contributed by atoms with van der Waals surface area (Å²) >= 11 is 0. The molecule has 0 atom stereocenters. The second kappa shape index (κ2) is 6.78. The molecule has 21 heavy (non-hydrogen) atoms. The Labute approximate surface area is 122 Å². The minimum atomic E-state index is -0.550. The summed E-state index contributed by atoms with van der Waals surface area (Å²) in [6.07, 6.45) is 0.928. The first-order valence-corrected chi connectivity index (χ1v) is 6.80. The maximum absolute atomic E-state index is 10.6. The lowest BCUT2D eigenvalue weighted by Crippen LogP contribution is -2.03. The van der Waals surface area contributed by atoms with Gasteiger partial charge < -0.3 is 14.5 Å². The highest BCUT2D eigenvalue weighted by atomic mass is 16.6. The molecule has 6 nitrogen and oxygen atoms in total. The summed E-state index contributed by atoms with van der Waals surface area (Å²) in [6, 6.07) is 8.80. The van der Waals surface area contributed by atoms with Crippen molar-refractivity contribution in [3.63, 3.8) is 0 Å². The van der Waals surface area contributed by atoms with Crippen molar-refractivity contribution in [3.8, 4) is 5.75 Å². The van der Waals surface area contributed by atoms with E-state index in [0.29, 0.717) is 18.9 Å². The van der Waals surface area contributed by atoms with Crippen molar-refractivity contribution in [2.24, 2.45) is 0 Å². The standard InChI is InChI=1S/C15H18N2O4/c1-3-8-20-14-9-11(2)4-6-13(14)16-10-12-5-7-15(21-12)17(18)19/h4-7,9,16H,3,8,10H2,1-2H3. The van der Waals surface area contributed by atoms with Crippen LogP contribution in [0.3, 0.4) is 0 Å². The molecule has 0 fully saturated rings. The van der Waals surface area contributed by atoms with E-state index in [-0.39, 0.29) is 5.88 Å². The Bertz CT molecular complexity index is 622. The van der Waals surface area contributed by atoms with Crippen LogP contribution in [-0.4, -0.2) is 11.5 Å². The third-order valence-electron chi connectivity index (χ3n) is 2.88. The number of nitrogens with zero attached hydrogens (tertiary/aromatic N) is 1. The maximum Gasteiger partial charge on any atom is 0.433 e. The van der Waals surface area contributed by atoms with Gasteiger partial charge in [0.2, 0.25) is 0 Å². The smallest absolute Gasteiger partial charge is 0.433 e. The van der Waals surface area contributed by atoms with E-state index < -0.39 is 4.92 Å². The van der Waals surface area contributed by atoms with Crippen LogP contribution < -0.4 is 10.1 Å². The van der Waals surface area contributed by atoms with E-state index in [1.54, 1.807) is 6.07 Å². The van der Waals surface area contributed by atoms with E-state index in [2.05, 4.69) is 5.32 Å². The van der Waals surface area contributed by atoms with Crippen molar-refractivity contribution in [3.05, 3.63) is 51.8 Å². The van der Waals surface area contributed by atoms with Gasteiger partial charge in [0.1, 0.15) is 16.4 Å². The number of nitrogens with one attached hydrogen (secondary N) is 1. The summed E-state index contributed by atoms with van der Waals surface area (Å²) in [5, 5.41) is 13.7. The minimum absolute atomic E-state index is 0.252. The summed E-state index contributed by atoms with van der Waals surface area (Å²) in [5.41, 5.74) is 1.95. The molecule has 0 spiro atoms. The Morgan fingerprint density at radius 1 is 1.33 bits per heavy atom. The van der Waals surface area contributed by atoms with E-state index in [9.17, 15) is 10.1 Å². The number of furan rings is 1. The molecule has 0 bridgehead atoms. The second-order valence-electron chi connectivity index (χ2n) is 4.70. The van der Waals surface area contributed by atoms with Crippen molar-refractivity contribution in [1.29, 1.82) is 0 Å². The van der Waals surface area contributed by atoms with E-state index >= 15 is 0 Å². The topological polar surface area (TPSA) is 77.5 Å². The molecular formula is C15H18N2O4. The average Bonchev–Trinajstić information content (AvgIpc) is 2.93. The SMILES string of the molecule is CCCOc1cc(C)ccc1NCc1ccc([N+](=O)[O-])o1. The van der Waals surface area contributed by atoms with Crippen LogP contribution in [0.1, 0.15) is 24.7 Å². The van der Waals surface area contributed by atoms with Gasteiger partial charge in [0.15, 0.2) is 0 Å². The maximum atomic E-state index is 10.6. The van der Waals surface area contributed by atoms with E-state index in [1.165, 1.54) is 6.07 Å². The zero-order valence-corrected chi connectivity index (χ0v) is 12.1. The van der Waals surface area contributed by atoms with Gasteiger partial charge in [-0.25, -0.2) is 0 Å². The van der Waals surface area contributed by atoms with Gasteiger partial charge in [0.05, 0.1) is 24.9 Å². The Hall–Kier alpha value is -2.50. The van der Waals surface area contributed by atoms with Gasteiger partial charge in [-0.1, -0.05) is 13.0 Å². The molecule has 0 saturated heterocycles. The fourth-order valence-corrected chi connectivity index (χ4v) is 1.85. The second-order valence-corrected chi connectivity index (χ2v) is 4.70. The van der Waals surface area contributed by atoms with Gasteiger partial charge >= 0.3 is 5.88 Å². The molecule has 1 aromatic heterocycles. The van der Waals surface area contributed by atoms with Crippen LogP contribution in [0.4, 0.5) is 11.6 Å². The Balaban J connectivity index is 2.06. The minimum Gasteiger partial charge on any atom is -0.491 e. The van der Waals surface area contributed by atoms with Crippen molar-refractivity contribution < 1.29 is 14.1 Å². The van der Waals surface area contributed by atoms with Crippen molar-refractivity contribution in [2.75, 3.05) is 11.9 Å². The van der Waals surface area contributed by atoms with Crippen molar-refractivity contribution in [2.45, 2.75) is 26.8 Å². The summed E-state index contributed by atoms with van der Waals surface area (Å²) < 4.78 is 10.8. The number of rotatable bonds is 7. The highest BCUT2D eigenvalue weighted by molar-refractivity contribution is 5.57. The molecule has 6 heteroatoms. The third-order valence-corrected chi connectivity index (χ3v) is 2.88. The number of hydrogen-bond acceptors (Lipinski definition) is 5. The van der Waals surface area contributed by atoms with Gasteiger partial charge in [-0.05, 0) is 37.1 Å². The molecule has 0 amide bonds. The van der Waals surface area contributed by atoms with Gasteiger partial charge in [-0.2, -0.15) is 0 Å². The van der Waals surface area contributed by atoms with Crippen molar-refractivity contribution >= 4 is 11.6 Å². The molecule has 1 aromatic carbocycles. The van der Waals surface area contributed by atoms with E-state index in [0.717, 1.165) is 23.4 Å². The Morgan fingerprint density at radius 2 is 2.14 bits per heavy atom. The molecule has 1 N–H and O–H groups in total. The molecule has 0 saturated carbocycles. The summed E-state index contributed by atoms with van der Waals surface area (Å²) in [5.74, 6) is 1.03. The van der Waals surface area contributed by atoms with Crippen LogP contribution in [0.2, 0.25) is 0 Å². The highest BCUT2D eigenvalue weighted by Crippen LogP contribution is 2.27. The molecule has 0 aliphatic rings. The van der Waals surface area contributed by atoms with Crippen molar-refractivity contribution in [1.82, 2.24) is 0 Å². The quantitative estimate of drug-likeness (QED) is 0.618. The molecule has 112 valence electrons. The lowest BCUT2D eigenvalue weighted by atomic mass is 10.2.